The molecule has 0 radical (unpaired) electrons. The second-order valence-corrected chi connectivity index (χ2v) is 5.55. The predicted molar refractivity (Wildman–Crippen MR) is 88.1 cm³/mol. The van der Waals surface area contributed by atoms with Crippen molar-refractivity contribution in [3.63, 3.8) is 0 Å². The summed E-state index contributed by atoms with van der Waals surface area (Å²) in [6.07, 6.45) is 0. The summed E-state index contributed by atoms with van der Waals surface area (Å²) >= 11 is 12.0. The van der Waals surface area contributed by atoms with Crippen LogP contribution in [-0.2, 0) is 13.1 Å². The lowest BCUT2D eigenvalue weighted by Crippen LogP contribution is -2.04. The molecular weight excluding hydrogens is 321 g/mol. The molecule has 0 aliphatic heterocycles. The van der Waals surface area contributed by atoms with Gasteiger partial charge >= 0.3 is 0 Å². The van der Waals surface area contributed by atoms with E-state index in [2.05, 4.69) is 15.0 Å². The van der Waals surface area contributed by atoms with Gasteiger partial charge in [0.1, 0.15) is 5.82 Å². The van der Waals surface area contributed by atoms with Crippen molar-refractivity contribution in [1.82, 2.24) is 9.55 Å². The number of para-hydroxylation sites is 2. The van der Waals surface area contributed by atoms with Gasteiger partial charge < -0.3 is 4.57 Å². The fourth-order valence-corrected chi connectivity index (χ4v) is 2.66. The number of halogens is 2. The monoisotopic (exact) mass is 331 g/mol. The van der Waals surface area contributed by atoms with Crippen LogP contribution in [0, 0.1) is 0 Å². The second-order valence-electron chi connectivity index (χ2n) is 4.74. The molecule has 0 bridgehead atoms. The number of imidazole rings is 1. The molecule has 5 nitrogen and oxygen atoms in total. The molecule has 2 aromatic carbocycles. The van der Waals surface area contributed by atoms with Gasteiger partial charge in [-0.15, -0.1) is 0 Å². The maximum Gasteiger partial charge on any atom is 0.116 e. The quantitative estimate of drug-likeness (QED) is 0.368. The molecule has 0 atom stereocenters. The fraction of sp³-hybridized carbons (Fsp3) is 0.133. The van der Waals surface area contributed by atoms with Gasteiger partial charge in [0.25, 0.3) is 0 Å². The van der Waals surface area contributed by atoms with E-state index in [1.165, 1.54) is 0 Å². The number of hydrogen-bond acceptors (Lipinski definition) is 2. The molecule has 7 heteroatoms. The van der Waals surface area contributed by atoms with E-state index in [1.807, 2.05) is 41.0 Å². The second kappa shape index (κ2) is 6.28. The van der Waals surface area contributed by atoms with Crippen LogP contribution in [0.3, 0.4) is 0 Å². The highest BCUT2D eigenvalue weighted by molar-refractivity contribution is 6.42. The molecule has 0 saturated heterocycles. The summed E-state index contributed by atoms with van der Waals surface area (Å²) in [5.41, 5.74) is 11.4. The van der Waals surface area contributed by atoms with Crippen molar-refractivity contribution in [2.45, 2.75) is 13.1 Å². The molecule has 0 spiro atoms. The minimum atomic E-state index is 0.201. The van der Waals surface area contributed by atoms with Crippen molar-refractivity contribution in [2.75, 3.05) is 0 Å². The lowest BCUT2D eigenvalue weighted by Gasteiger charge is -2.09. The Bertz CT molecular complexity index is 881. The van der Waals surface area contributed by atoms with E-state index >= 15 is 0 Å². The average Bonchev–Trinajstić information content (AvgIpc) is 2.87. The van der Waals surface area contributed by atoms with Crippen LogP contribution >= 0.6 is 23.2 Å². The summed E-state index contributed by atoms with van der Waals surface area (Å²) in [7, 11) is 0. The first-order valence-corrected chi connectivity index (χ1v) is 7.33. The first-order valence-electron chi connectivity index (χ1n) is 6.58. The van der Waals surface area contributed by atoms with Gasteiger partial charge in [0.05, 0.1) is 27.6 Å². The molecular formula is C15H11Cl2N5. The van der Waals surface area contributed by atoms with Gasteiger partial charge in [-0.25, -0.2) is 4.98 Å². The van der Waals surface area contributed by atoms with E-state index in [4.69, 9.17) is 28.7 Å². The predicted octanol–water partition coefficient (Wildman–Crippen LogP) is 5.20. The molecule has 0 aliphatic carbocycles. The van der Waals surface area contributed by atoms with E-state index in [0.29, 0.717) is 22.4 Å². The molecule has 22 heavy (non-hydrogen) atoms. The number of nitrogens with zero attached hydrogens (tertiary/aromatic N) is 5. The summed E-state index contributed by atoms with van der Waals surface area (Å²) < 4.78 is 2.02. The SMILES string of the molecule is [N-]=[N+]=NCc1nc2ccccc2n1Cc1ccc(Cl)c(Cl)c1. The van der Waals surface area contributed by atoms with Crippen LogP contribution in [0.5, 0.6) is 0 Å². The lowest BCUT2D eigenvalue weighted by atomic mass is 10.2. The summed E-state index contributed by atoms with van der Waals surface area (Å²) in [4.78, 5) is 7.33. The maximum absolute atomic E-state index is 8.54. The highest BCUT2D eigenvalue weighted by Crippen LogP contribution is 2.24. The number of azide groups is 1. The van der Waals surface area contributed by atoms with Crippen molar-refractivity contribution in [2.24, 2.45) is 5.11 Å². The Morgan fingerprint density at radius 1 is 1.14 bits per heavy atom. The third kappa shape index (κ3) is 2.88. The Hall–Kier alpha value is -2.20. The minimum Gasteiger partial charge on any atom is -0.323 e. The molecule has 0 amide bonds. The van der Waals surface area contributed by atoms with Crippen LogP contribution in [0.15, 0.2) is 47.6 Å². The molecule has 1 heterocycles. The molecule has 0 saturated carbocycles. The van der Waals surface area contributed by atoms with Gasteiger partial charge in [0.15, 0.2) is 0 Å². The average molecular weight is 332 g/mol. The Morgan fingerprint density at radius 2 is 1.95 bits per heavy atom. The molecule has 110 valence electrons. The van der Waals surface area contributed by atoms with E-state index in [9.17, 15) is 0 Å². The van der Waals surface area contributed by atoms with Crippen LogP contribution in [0.1, 0.15) is 11.4 Å². The number of benzene rings is 2. The van der Waals surface area contributed by atoms with E-state index < -0.39 is 0 Å². The Morgan fingerprint density at radius 3 is 2.73 bits per heavy atom. The van der Waals surface area contributed by atoms with Gasteiger partial charge in [-0.05, 0) is 35.4 Å². The van der Waals surface area contributed by atoms with E-state index in [1.54, 1.807) is 6.07 Å². The maximum atomic E-state index is 8.54. The summed E-state index contributed by atoms with van der Waals surface area (Å²) in [5.74, 6) is 0.713. The molecule has 3 aromatic rings. The van der Waals surface area contributed by atoms with Crippen LogP contribution in [-0.4, -0.2) is 9.55 Å². The molecule has 1 aromatic heterocycles. The lowest BCUT2D eigenvalue weighted by molar-refractivity contribution is 0.742. The summed E-state index contributed by atoms with van der Waals surface area (Å²) in [6, 6.07) is 13.3. The molecule has 0 aliphatic rings. The Balaban J connectivity index is 2.07. The third-order valence-electron chi connectivity index (χ3n) is 3.33. The normalized spacial score (nSPS) is 10.6. The van der Waals surface area contributed by atoms with Gasteiger partial charge in [-0.1, -0.05) is 46.5 Å². The van der Waals surface area contributed by atoms with E-state index in [-0.39, 0.29) is 6.54 Å². The smallest absolute Gasteiger partial charge is 0.116 e. The molecule has 0 N–H and O–H groups in total. The molecule has 0 fully saturated rings. The molecule has 0 unspecified atom stereocenters. The Labute approximate surface area is 136 Å². The standard InChI is InChI=1S/C15H11Cl2N5/c16-11-6-5-10(7-12(11)17)9-22-14-4-2-1-3-13(14)20-15(22)8-19-21-18/h1-7H,8-9H2. The van der Waals surface area contributed by atoms with Gasteiger partial charge in [0, 0.05) is 11.5 Å². The van der Waals surface area contributed by atoms with Crippen LogP contribution in [0.2, 0.25) is 10.0 Å². The first-order chi connectivity index (χ1) is 10.7. The zero-order valence-electron chi connectivity index (χ0n) is 11.4. The number of aromatic nitrogens is 2. The first kappa shape index (κ1) is 14.7. The van der Waals surface area contributed by atoms with Gasteiger partial charge in [-0.2, -0.15) is 0 Å². The van der Waals surface area contributed by atoms with Crippen molar-refractivity contribution < 1.29 is 0 Å². The largest absolute Gasteiger partial charge is 0.323 e. The Kier molecular flexibility index (Phi) is 4.20. The van der Waals surface area contributed by atoms with E-state index in [0.717, 1.165) is 16.6 Å². The van der Waals surface area contributed by atoms with Crippen molar-refractivity contribution in [3.05, 3.63) is 74.3 Å². The summed E-state index contributed by atoms with van der Waals surface area (Å²) in [5, 5.41) is 4.66. The number of rotatable bonds is 4. The highest BCUT2D eigenvalue weighted by atomic mass is 35.5. The van der Waals surface area contributed by atoms with Crippen molar-refractivity contribution in [3.8, 4) is 0 Å². The number of hydrogen-bond donors (Lipinski definition) is 0. The zero-order valence-corrected chi connectivity index (χ0v) is 13.0. The van der Waals surface area contributed by atoms with Crippen LogP contribution in [0.25, 0.3) is 21.5 Å². The molecule has 3 rings (SSSR count). The third-order valence-corrected chi connectivity index (χ3v) is 4.07. The van der Waals surface area contributed by atoms with Crippen LogP contribution in [0.4, 0.5) is 0 Å². The topological polar surface area (TPSA) is 66.6 Å². The summed E-state index contributed by atoms with van der Waals surface area (Å²) in [6.45, 7) is 0.778. The number of fused-ring (bicyclic) bond motifs is 1. The van der Waals surface area contributed by atoms with Crippen LogP contribution < -0.4 is 0 Å². The van der Waals surface area contributed by atoms with Crippen molar-refractivity contribution >= 4 is 34.2 Å². The van der Waals surface area contributed by atoms with Gasteiger partial charge in [0.2, 0.25) is 0 Å². The fourth-order valence-electron chi connectivity index (χ4n) is 2.34. The zero-order chi connectivity index (χ0) is 15.5. The minimum absolute atomic E-state index is 0.201. The highest BCUT2D eigenvalue weighted by Gasteiger charge is 2.10. The van der Waals surface area contributed by atoms with Gasteiger partial charge in [-0.3, -0.25) is 0 Å². The van der Waals surface area contributed by atoms with Crippen molar-refractivity contribution in [1.29, 1.82) is 0 Å².